The number of carbonyl (C=O) groups excluding carboxylic acids is 1. The van der Waals surface area contributed by atoms with E-state index in [0.717, 1.165) is 17.7 Å². The predicted octanol–water partition coefficient (Wildman–Crippen LogP) is 5.09. The molecule has 1 aromatic heterocycles. The molecule has 1 N–H and O–H groups in total. The Morgan fingerprint density at radius 3 is 2.47 bits per heavy atom. The van der Waals surface area contributed by atoms with Gasteiger partial charge in [0.1, 0.15) is 5.76 Å². The van der Waals surface area contributed by atoms with Gasteiger partial charge in [-0.25, -0.2) is 8.42 Å². The van der Waals surface area contributed by atoms with Gasteiger partial charge in [0.25, 0.3) is 0 Å². The Morgan fingerprint density at radius 1 is 1.12 bits per heavy atom. The van der Waals surface area contributed by atoms with Crippen LogP contribution in [0.4, 0.5) is 18.9 Å². The number of benzene rings is 2. The first-order chi connectivity index (χ1) is 15.0. The summed E-state index contributed by atoms with van der Waals surface area (Å²) in [7, 11) is -4.74. The van der Waals surface area contributed by atoms with Crippen molar-refractivity contribution in [3.8, 4) is 0 Å². The Bertz CT molecular complexity index is 1210. The first-order valence-electron chi connectivity index (χ1n) is 9.23. The number of sulfonamides is 1. The molecule has 0 atom stereocenters. The van der Waals surface area contributed by atoms with E-state index < -0.39 is 45.7 Å². The third-order valence-corrected chi connectivity index (χ3v) is 6.60. The van der Waals surface area contributed by atoms with Gasteiger partial charge in [0.2, 0.25) is 15.9 Å². The van der Waals surface area contributed by atoms with Gasteiger partial charge in [0.15, 0.2) is 0 Å². The Labute approximate surface area is 187 Å². The Hall–Kier alpha value is -2.82. The highest BCUT2D eigenvalue weighted by Gasteiger charge is 2.39. The lowest BCUT2D eigenvalue weighted by Crippen LogP contribution is -2.38. The number of aryl methyl sites for hydroxylation is 1. The monoisotopic (exact) mass is 486 g/mol. The van der Waals surface area contributed by atoms with Crippen LogP contribution in [0.3, 0.4) is 0 Å². The number of hydrogen-bond acceptors (Lipinski definition) is 4. The molecule has 1 amide bonds. The molecule has 3 rings (SSSR count). The molecular formula is C21H18ClF3N2O4S. The van der Waals surface area contributed by atoms with Crippen LogP contribution in [0.1, 0.15) is 16.9 Å². The molecule has 6 nitrogen and oxygen atoms in total. The van der Waals surface area contributed by atoms with E-state index in [-0.39, 0.29) is 16.5 Å². The first kappa shape index (κ1) is 23.8. The molecule has 170 valence electrons. The number of amides is 1. The standard InChI is InChI=1S/C21H18ClF3N2O4S/c1-14-8-9-18(17(22)11-14)26-20(28)13-27(12-15-5-4-10-31-15)32(29,30)19-7-3-2-6-16(19)21(23,24)25/h2-11H,12-13H2,1H3,(H,26,28). The summed E-state index contributed by atoms with van der Waals surface area (Å²) >= 11 is 6.10. The van der Waals surface area contributed by atoms with Crippen molar-refractivity contribution < 1.29 is 30.8 Å². The Balaban J connectivity index is 1.95. The molecule has 0 bridgehead atoms. The quantitative estimate of drug-likeness (QED) is 0.504. The Morgan fingerprint density at radius 2 is 1.84 bits per heavy atom. The number of rotatable bonds is 7. The van der Waals surface area contributed by atoms with E-state index in [0.29, 0.717) is 10.4 Å². The van der Waals surface area contributed by atoms with Crippen molar-refractivity contribution in [1.29, 1.82) is 0 Å². The van der Waals surface area contributed by atoms with Crippen molar-refractivity contribution in [3.63, 3.8) is 0 Å². The van der Waals surface area contributed by atoms with Crippen LogP contribution >= 0.6 is 11.6 Å². The average molecular weight is 487 g/mol. The van der Waals surface area contributed by atoms with Crippen LogP contribution < -0.4 is 5.32 Å². The fourth-order valence-corrected chi connectivity index (χ4v) is 4.80. The number of nitrogens with zero attached hydrogens (tertiary/aromatic N) is 1. The lowest BCUT2D eigenvalue weighted by molar-refractivity contribution is -0.139. The molecule has 0 spiro atoms. The second-order valence-electron chi connectivity index (χ2n) is 6.88. The Kier molecular flexibility index (Phi) is 6.97. The smallest absolute Gasteiger partial charge is 0.417 e. The zero-order chi connectivity index (χ0) is 23.5. The summed E-state index contributed by atoms with van der Waals surface area (Å²) in [6.45, 7) is 0.587. The summed E-state index contributed by atoms with van der Waals surface area (Å²) in [6.07, 6.45) is -3.62. The van der Waals surface area contributed by atoms with Crippen molar-refractivity contribution in [2.75, 3.05) is 11.9 Å². The highest BCUT2D eigenvalue weighted by atomic mass is 35.5. The molecule has 0 aliphatic carbocycles. The molecular weight excluding hydrogens is 469 g/mol. The lowest BCUT2D eigenvalue weighted by Gasteiger charge is -2.23. The molecule has 11 heteroatoms. The molecule has 3 aromatic rings. The van der Waals surface area contributed by atoms with Crippen molar-refractivity contribution in [1.82, 2.24) is 4.31 Å². The molecule has 0 aliphatic rings. The molecule has 1 heterocycles. The number of anilines is 1. The molecule has 2 aromatic carbocycles. The summed E-state index contributed by atoms with van der Waals surface area (Å²) in [5, 5.41) is 2.72. The van der Waals surface area contributed by atoms with Crippen molar-refractivity contribution in [2.24, 2.45) is 0 Å². The minimum absolute atomic E-state index is 0.152. The highest BCUT2D eigenvalue weighted by molar-refractivity contribution is 7.89. The number of alkyl halides is 3. The van der Waals surface area contributed by atoms with Crippen LogP contribution in [0.2, 0.25) is 5.02 Å². The molecule has 0 aliphatic heterocycles. The van der Waals surface area contributed by atoms with Crippen molar-refractivity contribution in [3.05, 3.63) is 82.8 Å². The molecule has 0 saturated heterocycles. The average Bonchev–Trinajstić information content (AvgIpc) is 3.22. The molecule has 0 saturated carbocycles. The summed E-state index contributed by atoms with van der Waals surface area (Å²) < 4.78 is 72.5. The zero-order valence-electron chi connectivity index (χ0n) is 16.7. The molecule has 32 heavy (non-hydrogen) atoms. The van der Waals surface area contributed by atoms with Gasteiger partial charge in [-0.3, -0.25) is 4.79 Å². The largest absolute Gasteiger partial charge is 0.468 e. The SMILES string of the molecule is Cc1ccc(NC(=O)CN(Cc2ccco2)S(=O)(=O)c2ccccc2C(F)(F)F)c(Cl)c1. The van der Waals surface area contributed by atoms with E-state index in [9.17, 15) is 26.4 Å². The summed E-state index contributed by atoms with van der Waals surface area (Å²) in [4.78, 5) is 11.7. The maximum absolute atomic E-state index is 13.5. The van der Waals surface area contributed by atoms with Gasteiger partial charge in [0, 0.05) is 0 Å². The van der Waals surface area contributed by atoms with Crippen molar-refractivity contribution in [2.45, 2.75) is 24.5 Å². The second kappa shape index (κ2) is 9.35. The number of nitrogens with one attached hydrogen (secondary N) is 1. The number of furan rings is 1. The topological polar surface area (TPSA) is 79.6 Å². The van der Waals surface area contributed by atoms with Crippen LogP contribution in [-0.4, -0.2) is 25.2 Å². The minimum Gasteiger partial charge on any atom is -0.468 e. The number of carbonyl (C=O) groups is 1. The van der Waals surface area contributed by atoms with Crippen LogP contribution in [0.5, 0.6) is 0 Å². The van der Waals surface area contributed by atoms with Crippen LogP contribution in [-0.2, 0) is 27.5 Å². The number of hydrogen-bond donors (Lipinski definition) is 1. The van der Waals surface area contributed by atoms with Gasteiger partial charge in [-0.2, -0.15) is 17.5 Å². The van der Waals surface area contributed by atoms with E-state index in [2.05, 4.69) is 5.32 Å². The van der Waals surface area contributed by atoms with Gasteiger partial charge in [-0.15, -0.1) is 0 Å². The van der Waals surface area contributed by atoms with E-state index in [1.54, 1.807) is 25.1 Å². The first-order valence-corrected chi connectivity index (χ1v) is 11.0. The van der Waals surface area contributed by atoms with E-state index in [4.69, 9.17) is 16.0 Å². The van der Waals surface area contributed by atoms with Crippen LogP contribution in [0.15, 0.2) is 70.2 Å². The van der Waals surface area contributed by atoms with Gasteiger partial charge in [-0.1, -0.05) is 29.8 Å². The molecule has 0 unspecified atom stereocenters. The fourth-order valence-electron chi connectivity index (χ4n) is 2.94. The van der Waals surface area contributed by atoms with E-state index in [1.807, 2.05) is 0 Å². The van der Waals surface area contributed by atoms with Crippen molar-refractivity contribution >= 4 is 33.2 Å². The minimum atomic E-state index is -4.91. The second-order valence-corrected chi connectivity index (χ2v) is 9.19. The predicted molar refractivity (Wildman–Crippen MR) is 113 cm³/mol. The summed E-state index contributed by atoms with van der Waals surface area (Å²) in [6, 6.07) is 11.6. The normalized spacial score (nSPS) is 12.2. The zero-order valence-corrected chi connectivity index (χ0v) is 18.3. The van der Waals surface area contributed by atoms with Gasteiger partial charge in [0.05, 0.1) is 40.5 Å². The van der Waals surface area contributed by atoms with Gasteiger partial charge >= 0.3 is 6.18 Å². The van der Waals surface area contributed by atoms with Crippen LogP contribution in [0, 0.1) is 6.92 Å². The maximum atomic E-state index is 13.5. The molecule has 0 radical (unpaired) electrons. The summed E-state index contributed by atoms with van der Waals surface area (Å²) in [5.74, 6) is -0.630. The third kappa shape index (κ3) is 5.50. The van der Waals surface area contributed by atoms with Crippen LogP contribution in [0.25, 0.3) is 0 Å². The third-order valence-electron chi connectivity index (χ3n) is 4.44. The van der Waals surface area contributed by atoms with Gasteiger partial charge in [-0.05, 0) is 48.9 Å². The molecule has 0 fully saturated rings. The van der Waals surface area contributed by atoms with E-state index >= 15 is 0 Å². The van der Waals surface area contributed by atoms with Gasteiger partial charge < -0.3 is 9.73 Å². The maximum Gasteiger partial charge on any atom is 0.417 e. The lowest BCUT2D eigenvalue weighted by atomic mass is 10.2. The number of halogens is 4. The summed E-state index contributed by atoms with van der Waals surface area (Å²) in [5.41, 5.74) is -0.237. The fraction of sp³-hybridized carbons (Fsp3) is 0.190. The van der Waals surface area contributed by atoms with E-state index in [1.165, 1.54) is 24.5 Å². The highest BCUT2D eigenvalue weighted by Crippen LogP contribution is 2.35.